The van der Waals surface area contributed by atoms with Crippen LogP contribution >= 0.6 is 0 Å². The fourth-order valence-electron chi connectivity index (χ4n) is 1.32. The molecule has 4 heteroatoms. The van der Waals surface area contributed by atoms with Crippen molar-refractivity contribution in [3.63, 3.8) is 0 Å². The number of nitriles is 1. The molecule has 0 aliphatic heterocycles. The molecule has 0 saturated carbocycles. The number of unbranched alkanes of at least 4 members (excludes halogenated alkanes) is 1. The van der Waals surface area contributed by atoms with E-state index in [1.54, 1.807) is 0 Å². The molecular weight excluding hydrogens is 216 g/mol. The van der Waals surface area contributed by atoms with E-state index in [-0.39, 0.29) is 6.04 Å². The zero-order chi connectivity index (χ0) is 13.3. The minimum Gasteiger partial charge on any atom is -0.444 e. The number of hydrogen-bond acceptors (Lipinski definition) is 3. The highest BCUT2D eigenvalue weighted by Crippen LogP contribution is 2.09. The summed E-state index contributed by atoms with van der Waals surface area (Å²) in [5.74, 6) is 0. The number of hydrogen-bond donors (Lipinski definition) is 1. The number of carbonyl (C=O) groups is 1. The van der Waals surface area contributed by atoms with Crippen LogP contribution in [0.1, 0.15) is 46.5 Å². The Labute approximate surface area is 104 Å². The molecule has 4 nitrogen and oxygen atoms in total. The van der Waals surface area contributed by atoms with Crippen molar-refractivity contribution in [3.8, 4) is 6.07 Å². The SMILES string of the molecule is C=CCCCC(CC#N)NC(=O)OC(C)(C)C. The summed E-state index contributed by atoms with van der Waals surface area (Å²) >= 11 is 0. The topological polar surface area (TPSA) is 62.1 Å². The van der Waals surface area contributed by atoms with Gasteiger partial charge in [-0.25, -0.2) is 4.79 Å². The number of nitrogens with one attached hydrogen (secondary N) is 1. The molecule has 0 saturated heterocycles. The summed E-state index contributed by atoms with van der Waals surface area (Å²) in [6, 6.07) is 1.92. The van der Waals surface area contributed by atoms with Gasteiger partial charge in [0.25, 0.3) is 0 Å². The van der Waals surface area contributed by atoms with Crippen LogP contribution in [0.25, 0.3) is 0 Å². The highest BCUT2D eigenvalue weighted by molar-refractivity contribution is 5.68. The Morgan fingerprint density at radius 2 is 2.24 bits per heavy atom. The van der Waals surface area contributed by atoms with E-state index in [2.05, 4.69) is 18.0 Å². The molecule has 0 rings (SSSR count). The summed E-state index contributed by atoms with van der Waals surface area (Å²) < 4.78 is 5.14. The normalized spacial score (nSPS) is 12.4. The first-order valence-electron chi connectivity index (χ1n) is 5.86. The van der Waals surface area contributed by atoms with Crippen molar-refractivity contribution in [1.82, 2.24) is 5.32 Å². The molecule has 0 aromatic heterocycles. The summed E-state index contributed by atoms with van der Waals surface area (Å²) in [4.78, 5) is 11.5. The third-order valence-electron chi connectivity index (χ3n) is 2.02. The van der Waals surface area contributed by atoms with Gasteiger partial charge in [0.2, 0.25) is 0 Å². The van der Waals surface area contributed by atoms with Gasteiger partial charge in [-0.2, -0.15) is 5.26 Å². The molecule has 1 N–H and O–H groups in total. The Balaban J connectivity index is 4.10. The second-order valence-corrected chi connectivity index (χ2v) is 4.92. The molecule has 0 bridgehead atoms. The van der Waals surface area contributed by atoms with Crippen LogP contribution in [0.3, 0.4) is 0 Å². The molecule has 96 valence electrons. The van der Waals surface area contributed by atoms with Gasteiger partial charge in [-0.1, -0.05) is 6.08 Å². The molecule has 0 aliphatic carbocycles. The standard InChI is InChI=1S/C13H22N2O2/c1-5-6-7-8-11(9-10-14)15-12(16)17-13(2,3)4/h5,11H,1,6-9H2,2-4H3,(H,15,16). The maximum Gasteiger partial charge on any atom is 0.407 e. The summed E-state index contributed by atoms with van der Waals surface area (Å²) in [6.45, 7) is 9.06. The minimum absolute atomic E-state index is 0.144. The predicted molar refractivity (Wildman–Crippen MR) is 67.4 cm³/mol. The fourth-order valence-corrected chi connectivity index (χ4v) is 1.32. The molecule has 0 fully saturated rings. The number of ether oxygens (including phenoxy) is 1. The van der Waals surface area contributed by atoms with Crippen LogP contribution in [0.5, 0.6) is 0 Å². The molecule has 0 aromatic rings. The Hall–Kier alpha value is -1.50. The maximum atomic E-state index is 11.5. The van der Waals surface area contributed by atoms with Gasteiger partial charge in [-0.3, -0.25) is 0 Å². The molecule has 0 aromatic carbocycles. The Kier molecular flexibility index (Phi) is 7.04. The molecule has 0 heterocycles. The third-order valence-corrected chi connectivity index (χ3v) is 2.02. The van der Waals surface area contributed by atoms with E-state index in [1.165, 1.54) is 0 Å². The number of amides is 1. The largest absolute Gasteiger partial charge is 0.444 e. The van der Waals surface area contributed by atoms with Gasteiger partial charge in [0.05, 0.1) is 12.5 Å². The lowest BCUT2D eigenvalue weighted by molar-refractivity contribution is 0.0502. The monoisotopic (exact) mass is 238 g/mol. The van der Waals surface area contributed by atoms with E-state index in [0.717, 1.165) is 19.3 Å². The van der Waals surface area contributed by atoms with Crippen molar-refractivity contribution < 1.29 is 9.53 Å². The Morgan fingerprint density at radius 1 is 1.59 bits per heavy atom. The first kappa shape index (κ1) is 15.5. The van der Waals surface area contributed by atoms with Gasteiger partial charge < -0.3 is 10.1 Å². The van der Waals surface area contributed by atoms with Gasteiger partial charge in [-0.15, -0.1) is 6.58 Å². The molecule has 1 amide bonds. The molecule has 0 radical (unpaired) electrons. The number of allylic oxidation sites excluding steroid dienone is 1. The zero-order valence-corrected chi connectivity index (χ0v) is 11.0. The molecule has 0 spiro atoms. The van der Waals surface area contributed by atoms with E-state index in [9.17, 15) is 4.79 Å². The lowest BCUT2D eigenvalue weighted by Gasteiger charge is -2.22. The van der Waals surface area contributed by atoms with Crippen molar-refractivity contribution in [2.75, 3.05) is 0 Å². The summed E-state index contributed by atoms with van der Waals surface area (Å²) in [5, 5.41) is 11.4. The molecular formula is C13H22N2O2. The van der Waals surface area contributed by atoms with E-state index >= 15 is 0 Å². The summed E-state index contributed by atoms with van der Waals surface area (Å²) in [7, 11) is 0. The maximum absolute atomic E-state index is 11.5. The second kappa shape index (κ2) is 7.72. The first-order chi connectivity index (χ1) is 7.89. The van der Waals surface area contributed by atoms with Crippen LogP contribution < -0.4 is 5.32 Å². The van der Waals surface area contributed by atoms with E-state index in [4.69, 9.17) is 10.00 Å². The molecule has 0 aliphatic rings. The van der Waals surface area contributed by atoms with Crippen LogP contribution in [0, 0.1) is 11.3 Å². The van der Waals surface area contributed by atoms with Crippen LogP contribution in [-0.2, 0) is 4.74 Å². The Morgan fingerprint density at radius 3 is 2.71 bits per heavy atom. The van der Waals surface area contributed by atoms with E-state index in [0.29, 0.717) is 6.42 Å². The summed E-state index contributed by atoms with van der Waals surface area (Å²) in [6.07, 6.45) is 4.23. The fraction of sp³-hybridized carbons (Fsp3) is 0.692. The minimum atomic E-state index is -0.512. The van der Waals surface area contributed by atoms with Crippen LogP contribution in [-0.4, -0.2) is 17.7 Å². The number of nitrogens with zero attached hydrogens (tertiary/aromatic N) is 1. The van der Waals surface area contributed by atoms with E-state index in [1.807, 2.05) is 26.8 Å². The van der Waals surface area contributed by atoms with Crippen LogP contribution in [0.4, 0.5) is 4.79 Å². The van der Waals surface area contributed by atoms with Crippen LogP contribution in [0.2, 0.25) is 0 Å². The zero-order valence-electron chi connectivity index (χ0n) is 11.0. The smallest absolute Gasteiger partial charge is 0.407 e. The third kappa shape index (κ3) is 9.43. The highest BCUT2D eigenvalue weighted by Gasteiger charge is 2.19. The van der Waals surface area contributed by atoms with E-state index < -0.39 is 11.7 Å². The van der Waals surface area contributed by atoms with Crippen molar-refractivity contribution in [2.24, 2.45) is 0 Å². The van der Waals surface area contributed by atoms with Gasteiger partial charge in [-0.05, 0) is 40.0 Å². The lowest BCUT2D eigenvalue weighted by atomic mass is 10.1. The second-order valence-electron chi connectivity index (χ2n) is 4.92. The average molecular weight is 238 g/mol. The summed E-state index contributed by atoms with van der Waals surface area (Å²) in [5.41, 5.74) is -0.512. The highest BCUT2D eigenvalue weighted by atomic mass is 16.6. The number of alkyl carbamates (subject to hydrolysis) is 1. The lowest BCUT2D eigenvalue weighted by Crippen LogP contribution is -2.39. The number of rotatable bonds is 6. The molecule has 1 atom stereocenters. The average Bonchev–Trinajstić information content (AvgIpc) is 2.15. The number of carbonyl (C=O) groups excluding carboxylic acids is 1. The van der Waals surface area contributed by atoms with Gasteiger partial charge in [0, 0.05) is 6.04 Å². The van der Waals surface area contributed by atoms with Crippen molar-refractivity contribution in [1.29, 1.82) is 5.26 Å². The van der Waals surface area contributed by atoms with Crippen LogP contribution in [0.15, 0.2) is 12.7 Å². The predicted octanol–water partition coefficient (Wildman–Crippen LogP) is 3.15. The molecule has 17 heavy (non-hydrogen) atoms. The van der Waals surface area contributed by atoms with Crippen molar-refractivity contribution in [3.05, 3.63) is 12.7 Å². The van der Waals surface area contributed by atoms with Crippen molar-refractivity contribution in [2.45, 2.75) is 58.1 Å². The van der Waals surface area contributed by atoms with Gasteiger partial charge >= 0.3 is 6.09 Å². The van der Waals surface area contributed by atoms with Crippen molar-refractivity contribution >= 4 is 6.09 Å². The van der Waals surface area contributed by atoms with Gasteiger partial charge in [0.1, 0.15) is 5.60 Å². The Bertz CT molecular complexity index is 287. The first-order valence-corrected chi connectivity index (χ1v) is 5.86. The van der Waals surface area contributed by atoms with Gasteiger partial charge in [0.15, 0.2) is 0 Å². The molecule has 1 unspecified atom stereocenters. The quantitative estimate of drug-likeness (QED) is 0.571.